The fourth-order valence-corrected chi connectivity index (χ4v) is 2.53. The minimum absolute atomic E-state index is 0.00590. The van der Waals surface area contributed by atoms with Crippen LogP contribution >= 0.6 is 11.7 Å². The summed E-state index contributed by atoms with van der Waals surface area (Å²) in [5, 5.41) is 3.46. The van der Waals surface area contributed by atoms with Crippen LogP contribution in [0, 0.1) is 0 Å². The molecule has 1 N–H and O–H groups in total. The van der Waals surface area contributed by atoms with Gasteiger partial charge < -0.3 is 10.2 Å². The molecule has 1 aromatic heterocycles. The number of nitrogens with zero attached hydrogens (tertiary/aromatic N) is 3. The lowest BCUT2D eigenvalue weighted by Crippen LogP contribution is -2.45. The summed E-state index contributed by atoms with van der Waals surface area (Å²) in [6.45, 7) is 4.55. The number of carbonyl (C=O) groups excluding carboxylic acids is 1. The molecular formula is C11H18N4OS. The van der Waals surface area contributed by atoms with Gasteiger partial charge in [0.15, 0.2) is 5.69 Å². The van der Waals surface area contributed by atoms with Crippen LogP contribution in [-0.2, 0) is 0 Å². The largest absolute Gasteiger partial charge is 0.336 e. The van der Waals surface area contributed by atoms with Crippen molar-refractivity contribution in [3.8, 4) is 0 Å². The number of hydrogen-bond acceptors (Lipinski definition) is 5. The van der Waals surface area contributed by atoms with Gasteiger partial charge in [-0.25, -0.2) is 0 Å². The summed E-state index contributed by atoms with van der Waals surface area (Å²) in [6.07, 6.45) is 5.19. The van der Waals surface area contributed by atoms with Crippen LogP contribution in [0.5, 0.6) is 0 Å². The third-order valence-electron chi connectivity index (χ3n) is 3.10. The second-order valence-corrected chi connectivity index (χ2v) is 4.84. The number of hydrogen-bond donors (Lipinski definition) is 1. The predicted molar refractivity (Wildman–Crippen MR) is 67.1 cm³/mol. The Bertz CT molecular complexity index is 348. The van der Waals surface area contributed by atoms with E-state index in [0.717, 1.165) is 31.2 Å². The number of amides is 1. The number of carbonyl (C=O) groups is 1. The monoisotopic (exact) mass is 254 g/mol. The highest BCUT2D eigenvalue weighted by Gasteiger charge is 2.21. The van der Waals surface area contributed by atoms with E-state index in [9.17, 15) is 4.79 Å². The van der Waals surface area contributed by atoms with Gasteiger partial charge in [-0.2, -0.15) is 8.75 Å². The highest BCUT2D eigenvalue weighted by molar-refractivity contribution is 6.99. The maximum atomic E-state index is 12.1. The number of piperidine rings is 1. The number of nitrogens with one attached hydrogen (secondary N) is 1. The second kappa shape index (κ2) is 6.07. The van der Waals surface area contributed by atoms with E-state index in [-0.39, 0.29) is 5.91 Å². The molecular weight excluding hydrogens is 236 g/mol. The van der Waals surface area contributed by atoms with E-state index in [4.69, 9.17) is 0 Å². The van der Waals surface area contributed by atoms with E-state index in [1.54, 1.807) is 6.20 Å². The third kappa shape index (κ3) is 3.23. The minimum atomic E-state index is -0.00590. The zero-order chi connectivity index (χ0) is 12.1. The Morgan fingerprint density at radius 1 is 1.65 bits per heavy atom. The smallest absolute Gasteiger partial charge is 0.275 e. The Kier molecular flexibility index (Phi) is 4.44. The summed E-state index contributed by atoms with van der Waals surface area (Å²) >= 11 is 1.08. The zero-order valence-corrected chi connectivity index (χ0v) is 10.9. The van der Waals surface area contributed by atoms with Crippen molar-refractivity contribution in [1.82, 2.24) is 19.0 Å². The summed E-state index contributed by atoms with van der Waals surface area (Å²) in [5.41, 5.74) is 0.465. The van der Waals surface area contributed by atoms with E-state index in [2.05, 4.69) is 14.1 Å². The molecule has 0 aliphatic carbocycles. The lowest BCUT2D eigenvalue weighted by atomic mass is 10.0. The van der Waals surface area contributed by atoms with Gasteiger partial charge in [-0.05, 0) is 26.3 Å². The second-order valence-electron chi connectivity index (χ2n) is 4.28. The van der Waals surface area contributed by atoms with Gasteiger partial charge in [0.25, 0.3) is 5.91 Å². The van der Waals surface area contributed by atoms with E-state index < -0.39 is 0 Å². The summed E-state index contributed by atoms with van der Waals surface area (Å²) in [5.74, 6) is -0.00590. The normalized spacial score (nSPS) is 20.2. The van der Waals surface area contributed by atoms with Gasteiger partial charge in [0.05, 0.1) is 17.9 Å². The van der Waals surface area contributed by atoms with Crippen LogP contribution in [0.1, 0.15) is 36.7 Å². The summed E-state index contributed by atoms with van der Waals surface area (Å²) in [7, 11) is 0. The van der Waals surface area contributed by atoms with Crippen molar-refractivity contribution in [2.75, 3.05) is 19.6 Å². The lowest BCUT2D eigenvalue weighted by Gasteiger charge is -2.29. The number of likely N-dealkylation sites (N-methyl/N-ethyl adjacent to an activating group) is 1. The van der Waals surface area contributed by atoms with Crippen LogP contribution < -0.4 is 5.32 Å². The maximum absolute atomic E-state index is 12.1. The molecule has 2 rings (SSSR count). The van der Waals surface area contributed by atoms with Crippen molar-refractivity contribution < 1.29 is 4.79 Å². The van der Waals surface area contributed by atoms with Crippen molar-refractivity contribution in [1.29, 1.82) is 0 Å². The molecule has 1 atom stereocenters. The average Bonchev–Trinajstić information content (AvgIpc) is 2.90. The van der Waals surface area contributed by atoms with Crippen LogP contribution in [0.25, 0.3) is 0 Å². The molecule has 1 fully saturated rings. The molecule has 17 heavy (non-hydrogen) atoms. The Morgan fingerprint density at radius 2 is 2.53 bits per heavy atom. The molecule has 0 aromatic carbocycles. The van der Waals surface area contributed by atoms with E-state index in [0.29, 0.717) is 18.3 Å². The summed E-state index contributed by atoms with van der Waals surface area (Å²) in [4.78, 5) is 14.0. The molecule has 94 valence electrons. The predicted octanol–water partition coefficient (Wildman–Crippen LogP) is 1.14. The highest BCUT2D eigenvalue weighted by Crippen LogP contribution is 2.10. The van der Waals surface area contributed by atoms with Crippen LogP contribution in [0.15, 0.2) is 6.20 Å². The molecule has 1 amide bonds. The van der Waals surface area contributed by atoms with Crippen molar-refractivity contribution in [3.63, 3.8) is 0 Å². The SMILES string of the molecule is CCN(CC1CCCCN1)C(=O)c1cnsn1. The van der Waals surface area contributed by atoms with E-state index in [1.165, 1.54) is 12.8 Å². The maximum Gasteiger partial charge on any atom is 0.275 e. The van der Waals surface area contributed by atoms with E-state index >= 15 is 0 Å². The number of aromatic nitrogens is 2. The minimum Gasteiger partial charge on any atom is -0.336 e. The van der Waals surface area contributed by atoms with Gasteiger partial charge >= 0.3 is 0 Å². The summed E-state index contributed by atoms with van der Waals surface area (Å²) < 4.78 is 7.87. The molecule has 1 aromatic rings. The average molecular weight is 254 g/mol. The van der Waals surface area contributed by atoms with Crippen LogP contribution in [-0.4, -0.2) is 45.2 Å². The van der Waals surface area contributed by atoms with Crippen LogP contribution in [0.3, 0.4) is 0 Å². The molecule has 0 spiro atoms. The quantitative estimate of drug-likeness (QED) is 0.875. The Hall–Kier alpha value is -1.01. The summed E-state index contributed by atoms with van der Waals surface area (Å²) in [6, 6.07) is 0.430. The standard InChI is InChI=1S/C11H18N4OS/c1-2-15(8-9-5-3-4-6-12-9)11(16)10-7-13-17-14-10/h7,9,12H,2-6,8H2,1H3. The lowest BCUT2D eigenvalue weighted by molar-refractivity contribution is 0.0736. The Balaban J connectivity index is 1.93. The molecule has 6 heteroatoms. The number of rotatable bonds is 4. The molecule has 1 aliphatic rings. The van der Waals surface area contributed by atoms with Gasteiger partial charge in [-0.1, -0.05) is 6.42 Å². The first kappa shape index (κ1) is 12.4. The Labute approximate surface area is 106 Å². The molecule has 2 heterocycles. The van der Waals surface area contributed by atoms with Gasteiger partial charge in [-0.15, -0.1) is 0 Å². The van der Waals surface area contributed by atoms with Gasteiger partial charge in [0, 0.05) is 19.1 Å². The van der Waals surface area contributed by atoms with Crippen molar-refractivity contribution in [2.45, 2.75) is 32.2 Å². The first-order chi connectivity index (χ1) is 8.31. The van der Waals surface area contributed by atoms with Gasteiger partial charge in [0.2, 0.25) is 0 Å². The third-order valence-corrected chi connectivity index (χ3v) is 3.58. The van der Waals surface area contributed by atoms with Crippen molar-refractivity contribution in [2.24, 2.45) is 0 Å². The fourth-order valence-electron chi connectivity index (χ4n) is 2.12. The molecule has 1 unspecified atom stereocenters. The van der Waals surface area contributed by atoms with Crippen molar-refractivity contribution in [3.05, 3.63) is 11.9 Å². The van der Waals surface area contributed by atoms with E-state index in [1.807, 2.05) is 11.8 Å². The molecule has 0 radical (unpaired) electrons. The topological polar surface area (TPSA) is 58.1 Å². The van der Waals surface area contributed by atoms with Crippen LogP contribution in [0.4, 0.5) is 0 Å². The highest BCUT2D eigenvalue weighted by atomic mass is 32.1. The zero-order valence-electron chi connectivity index (χ0n) is 10.1. The van der Waals surface area contributed by atoms with Crippen molar-refractivity contribution >= 4 is 17.6 Å². The molecule has 5 nitrogen and oxygen atoms in total. The van der Waals surface area contributed by atoms with Gasteiger partial charge in [-0.3, -0.25) is 4.79 Å². The Morgan fingerprint density at radius 3 is 3.12 bits per heavy atom. The molecule has 1 saturated heterocycles. The fraction of sp³-hybridized carbons (Fsp3) is 0.727. The molecule has 0 saturated carbocycles. The molecule has 1 aliphatic heterocycles. The van der Waals surface area contributed by atoms with Crippen LogP contribution in [0.2, 0.25) is 0 Å². The first-order valence-corrected chi connectivity index (χ1v) is 6.84. The molecule has 0 bridgehead atoms. The first-order valence-electron chi connectivity index (χ1n) is 6.11. The van der Waals surface area contributed by atoms with Gasteiger partial charge in [0.1, 0.15) is 0 Å².